The Labute approximate surface area is 84.3 Å². The molecule has 0 saturated carbocycles. The van der Waals surface area contributed by atoms with E-state index in [1.165, 1.54) is 11.3 Å². The highest BCUT2D eigenvalue weighted by Gasteiger charge is 2.14. The molecule has 2 nitrogen and oxygen atoms in total. The Balaban J connectivity index is 2.36. The Kier molecular flexibility index (Phi) is 2.28. The van der Waals surface area contributed by atoms with Crippen molar-refractivity contribution in [1.82, 2.24) is 0 Å². The van der Waals surface area contributed by atoms with E-state index >= 15 is 0 Å². The average molecular weight is 189 g/mol. The van der Waals surface area contributed by atoms with E-state index in [-0.39, 0.29) is 5.78 Å². The Bertz CT molecular complexity index is 371. The lowest BCUT2D eigenvalue weighted by molar-refractivity contribution is 0.101. The summed E-state index contributed by atoms with van der Waals surface area (Å²) in [4.78, 5) is 11.2. The predicted molar refractivity (Wildman–Crippen MR) is 57.9 cm³/mol. The maximum Gasteiger partial charge on any atom is 0.159 e. The molecule has 1 aromatic rings. The summed E-state index contributed by atoms with van der Waals surface area (Å²) < 4.78 is 0. The smallest absolute Gasteiger partial charge is 0.159 e. The zero-order valence-electron chi connectivity index (χ0n) is 8.63. The molecular weight excluding hydrogens is 174 g/mol. The molecule has 0 radical (unpaired) electrons. The molecule has 74 valence electrons. The number of carbonyl (C=O) groups is 1. The summed E-state index contributed by atoms with van der Waals surface area (Å²) in [5.41, 5.74) is 3.28. The van der Waals surface area contributed by atoms with Crippen LogP contribution in [0.4, 0.5) is 5.69 Å². The van der Waals surface area contributed by atoms with Crippen molar-refractivity contribution in [3.63, 3.8) is 0 Å². The summed E-state index contributed by atoms with van der Waals surface area (Å²) in [5.74, 6) is 0.145. The van der Waals surface area contributed by atoms with Gasteiger partial charge in [0.05, 0.1) is 0 Å². The molecule has 0 fully saturated rings. The van der Waals surface area contributed by atoms with E-state index in [1.54, 1.807) is 6.92 Å². The standard InChI is InChI=1S/C12H15NO/c1-8-3-4-11-7-10(9(2)14)5-6-12(11)13-8/h5-8,13H,3-4H2,1-2H3/t8-/m0/s1. The first kappa shape index (κ1) is 9.25. The molecular formula is C12H15NO. The number of hydrogen-bond donors (Lipinski definition) is 1. The number of benzene rings is 1. The quantitative estimate of drug-likeness (QED) is 0.688. The topological polar surface area (TPSA) is 29.1 Å². The van der Waals surface area contributed by atoms with Crippen molar-refractivity contribution in [2.45, 2.75) is 32.7 Å². The molecule has 1 N–H and O–H groups in total. The van der Waals surface area contributed by atoms with Crippen molar-refractivity contribution < 1.29 is 4.79 Å². The normalized spacial score (nSPS) is 19.7. The highest BCUT2D eigenvalue weighted by atomic mass is 16.1. The van der Waals surface area contributed by atoms with E-state index < -0.39 is 0 Å². The number of hydrogen-bond acceptors (Lipinski definition) is 2. The van der Waals surface area contributed by atoms with E-state index in [0.29, 0.717) is 6.04 Å². The third kappa shape index (κ3) is 1.65. The highest BCUT2D eigenvalue weighted by Crippen LogP contribution is 2.25. The number of aryl methyl sites for hydroxylation is 1. The lowest BCUT2D eigenvalue weighted by Gasteiger charge is -2.24. The Hall–Kier alpha value is -1.31. The highest BCUT2D eigenvalue weighted by molar-refractivity contribution is 5.94. The molecule has 2 rings (SSSR count). The van der Waals surface area contributed by atoms with Crippen molar-refractivity contribution in [3.8, 4) is 0 Å². The summed E-state index contributed by atoms with van der Waals surface area (Å²) in [5, 5.41) is 3.41. The molecule has 1 aromatic carbocycles. The van der Waals surface area contributed by atoms with Crippen LogP contribution in [0, 0.1) is 0 Å². The molecule has 1 atom stereocenters. The first-order valence-electron chi connectivity index (χ1n) is 5.07. The van der Waals surface area contributed by atoms with Crippen LogP contribution in [0.15, 0.2) is 18.2 Å². The minimum atomic E-state index is 0.145. The molecule has 0 aromatic heterocycles. The zero-order valence-corrected chi connectivity index (χ0v) is 8.63. The van der Waals surface area contributed by atoms with Crippen LogP contribution < -0.4 is 5.32 Å². The molecule has 1 heterocycles. The summed E-state index contributed by atoms with van der Waals surface area (Å²) in [7, 11) is 0. The number of ketones is 1. The van der Waals surface area contributed by atoms with Crippen molar-refractivity contribution in [2.24, 2.45) is 0 Å². The molecule has 1 aliphatic rings. The fourth-order valence-corrected chi connectivity index (χ4v) is 1.87. The summed E-state index contributed by atoms with van der Waals surface area (Å²) in [6.45, 7) is 3.79. The molecule has 1 aliphatic heterocycles. The fourth-order valence-electron chi connectivity index (χ4n) is 1.87. The number of nitrogens with one attached hydrogen (secondary N) is 1. The molecule has 2 heteroatoms. The SMILES string of the molecule is CC(=O)c1ccc2c(c1)CC[C@H](C)N2. The maximum absolute atomic E-state index is 11.2. The van der Waals surface area contributed by atoms with Crippen LogP contribution in [0.3, 0.4) is 0 Å². The molecule has 0 unspecified atom stereocenters. The van der Waals surface area contributed by atoms with Crippen LogP contribution in [0.1, 0.15) is 36.2 Å². The number of anilines is 1. The number of fused-ring (bicyclic) bond motifs is 1. The first-order valence-corrected chi connectivity index (χ1v) is 5.07. The van der Waals surface area contributed by atoms with Gasteiger partial charge in [-0.15, -0.1) is 0 Å². The van der Waals surface area contributed by atoms with Crippen molar-refractivity contribution in [1.29, 1.82) is 0 Å². The molecule has 0 bridgehead atoms. The van der Waals surface area contributed by atoms with Gasteiger partial charge in [-0.1, -0.05) is 0 Å². The summed E-state index contributed by atoms with van der Waals surface area (Å²) >= 11 is 0. The summed E-state index contributed by atoms with van der Waals surface area (Å²) in [6.07, 6.45) is 2.22. The molecule has 0 spiro atoms. The molecule has 0 amide bonds. The van der Waals surface area contributed by atoms with Crippen LogP contribution in [0.2, 0.25) is 0 Å². The van der Waals surface area contributed by atoms with Crippen molar-refractivity contribution in [3.05, 3.63) is 29.3 Å². The van der Waals surface area contributed by atoms with Crippen LogP contribution in [-0.4, -0.2) is 11.8 Å². The zero-order chi connectivity index (χ0) is 10.1. The Morgan fingerprint density at radius 3 is 3.00 bits per heavy atom. The molecule has 0 aliphatic carbocycles. The second-order valence-corrected chi connectivity index (χ2v) is 4.01. The summed E-state index contributed by atoms with van der Waals surface area (Å²) in [6, 6.07) is 6.47. The van der Waals surface area contributed by atoms with Gasteiger partial charge in [0.1, 0.15) is 0 Å². The second-order valence-electron chi connectivity index (χ2n) is 4.01. The van der Waals surface area contributed by atoms with Crippen LogP contribution >= 0.6 is 0 Å². The van der Waals surface area contributed by atoms with E-state index in [1.807, 2.05) is 18.2 Å². The average Bonchev–Trinajstić information content (AvgIpc) is 2.16. The maximum atomic E-state index is 11.2. The lowest BCUT2D eigenvalue weighted by Crippen LogP contribution is -2.22. The van der Waals surface area contributed by atoms with Gasteiger partial charge < -0.3 is 5.32 Å². The van der Waals surface area contributed by atoms with Crippen LogP contribution in [-0.2, 0) is 6.42 Å². The van der Waals surface area contributed by atoms with Gasteiger partial charge >= 0.3 is 0 Å². The van der Waals surface area contributed by atoms with Crippen LogP contribution in [0.25, 0.3) is 0 Å². The largest absolute Gasteiger partial charge is 0.382 e. The van der Waals surface area contributed by atoms with Crippen molar-refractivity contribution in [2.75, 3.05) is 5.32 Å². The van der Waals surface area contributed by atoms with Gasteiger partial charge in [-0.05, 0) is 50.5 Å². The number of rotatable bonds is 1. The third-order valence-electron chi connectivity index (χ3n) is 2.76. The van der Waals surface area contributed by atoms with E-state index in [9.17, 15) is 4.79 Å². The van der Waals surface area contributed by atoms with Crippen molar-refractivity contribution >= 4 is 11.5 Å². The van der Waals surface area contributed by atoms with Gasteiger partial charge in [-0.3, -0.25) is 4.79 Å². The molecule has 14 heavy (non-hydrogen) atoms. The van der Waals surface area contributed by atoms with E-state index in [4.69, 9.17) is 0 Å². The van der Waals surface area contributed by atoms with Gasteiger partial charge in [0.15, 0.2) is 5.78 Å². The van der Waals surface area contributed by atoms with E-state index in [2.05, 4.69) is 12.2 Å². The predicted octanol–water partition coefficient (Wildman–Crippen LogP) is 2.64. The Morgan fingerprint density at radius 2 is 2.29 bits per heavy atom. The van der Waals surface area contributed by atoms with Gasteiger partial charge in [-0.2, -0.15) is 0 Å². The minimum absolute atomic E-state index is 0.145. The fraction of sp³-hybridized carbons (Fsp3) is 0.417. The third-order valence-corrected chi connectivity index (χ3v) is 2.76. The van der Waals surface area contributed by atoms with Gasteiger partial charge in [0.2, 0.25) is 0 Å². The lowest BCUT2D eigenvalue weighted by atomic mass is 9.96. The second kappa shape index (κ2) is 3.45. The van der Waals surface area contributed by atoms with Crippen LogP contribution in [0.5, 0.6) is 0 Å². The van der Waals surface area contributed by atoms with Gasteiger partial charge in [-0.25, -0.2) is 0 Å². The van der Waals surface area contributed by atoms with Gasteiger partial charge in [0, 0.05) is 17.3 Å². The molecule has 0 saturated heterocycles. The number of carbonyl (C=O) groups excluding carboxylic acids is 1. The first-order chi connectivity index (χ1) is 6.66. The minimum Gasteiger partial charge on any atom is -0.382 e. The van der Waals surface area contributed by atoms with Gasteiger partial charge in [0.25, 0.3) is 0 Å². The monoisotopic (exact) mass is 189 g/mol. The van der Waals surface area contributed by atoms with E-state index in [0.717, 1.165) is 18.4 Å². The number of Topliss-reactive ketones (excluding diaryl/α,β-unsaturated/α-hetero) is 1. The Morgan fingerprint density at radius 1 is 1.50 bits per heavy atom.